The van der Waals surface area contributed by atoms with Crippen molar-refractivity contribution >= 4 is 16.8 Å². The zero-order valence-electron chi connectivity index (χ0n) is 9.91. The number of carbonyl (C=O) groups is 1. The number of carbonyl (C=O) groups excluding carboxylic acids is 1. The van der Waals surface area contributed by atoms with Crippen LogP contribution in [0.3, 0.4) is 0 Å². The number of furan rings is 1. The van der Waals surface area contributed by atoms with Crippen molar-refractivity contribution in [2.24, 2.45) is 5.73 Å². The van der Waals surface area contributed by atoms with Crippen LogP contribution in [0, 0.1) is 5.82 Å². The fourth-order valence-electron chi connectivity index (χ4n) is 2.62. The van der Waals surface area contributed by atoms with E-state index in [1.807, 2.05) is 0 Å². The summed E-state index contributed by atoms with van der Waals surface area (Å²) in [4.78, 5) is 12.3. The van der Waals surface area contributed by atoms with Gasteiger partial charge in [0.05, 0.1) is 5.54 Å². The summed E-state index contributed by atoms with van der Waals surface area (Å²) in [6.07, 6.45) is 3.25. The number of halogens is 1. The van der Waals surface area contributed by atoms with Gasteiger partial charge in [-0.05, 0) is 25.0 Å². The normalized spacial score (nSPS) is 18.3. The Morgan fingerprint density at radius 2 is 2.06 bits per heavy atom. The molecular formula is C14H14FNO2. The van der Waals surface area contributed by atoms with Crippen LogP contribution in [0.25, 0.3) is 11.0 Å². The van der Waals surface area contributed by atoms with Gasteiger partial charge in [0.2, 0.25) is 5.78 Å². The fraction of sp³-hybridized carbons (Fsp3) is 0.357. The van der Waals surface area contributed by atoms with Gasteiger partial charge in [0.1, 0.15) is 0 Å². The maximum Gasteiger partial charge on any atom is 0.217 e. The summed E-state index contributed by atoms with van der Waals surface area (Å²) in [6, 6.07) is 6.20. The fourth-order valence-corrected chi connectivity index (χ4v) is 2.62. The van der Waals surface area contributed by atoms with E-state index >= 15 is 0 Å². The average Bonchev–Trinajstić information content (AvgIpc) is 2.96. The van der Waals surface area contributed by atoms with E-state index in [1.165, 1.54) is 6.07 Å². The lowest BCUT2D eigenvalue weighted by atomic mass is 9.92. The minimum Gasteiger partial charge on any atom is -0.450 e. The Bertz CT molecular complexity index is 611. The minimum atomic E-state index is -0.829. The highest BCUT2D eigenvalue weighted by molar-refractivity contribution is 6.03. The first-order valence-electron chi connectivity index (χ1n) is 6.12. The molecule has 0 spiro atoms. The van der Waals surface area contributed by atoms with E-state index in [2.05, 4.69) is 0 Å². The zero-order chi connectivity index (χ0) is 12.8. The van der Waals surface area contributed by atoms with Crippen LogP contribution in [0.5, 0.6) is 0 Å². The van der Waals surface area contributed by atoms with Crippen LogP contribution in [0.2, 0.25) is 0 Å². The standard InChI is InChI=1S/C14H14FNO2/c15-10-5-3-4-9-8-11(18-12(9)10)13(17)14(16)6-1-2-7-14/h3-5,8H,1-2,6-7,16H2. The number of fused-ring (bicyclic) bond motifs is 1. The monoisotopic (exact) mass is 247 g/mol. The average molecular weight is 247 g/mol. The number of hydrogen-bond donors (Lipinski definition) is 1. The molecule has 1 saturated carbocycles. The third-order valence-electron chi connectivity index (χ3n) is 3.67. The van der Waals surface area contributed by atoms with E-state index in [4.69, 9.17) is 10.2 Å². The van der Waals surface area contributed by atoms with E-state index in [0.717, 1.165) is 12.8 Å². The molecule has 1 aliphatic carbocycles. The van der Waals surface area contributed by atoms with Gasteiger partial charge in [-0.25, -0.2) is 4.39 Å². The maximum absolute atomic E-state index is 13.5. The van der Waals surface area contributed by atoms with Crippen molar-refractivity contribution in [2.75, 3.05) is 0 Å². The molecule has 1 heterocycles. The van der Waals surface area contributed by atoms with Gasteiger partial charge in [-0.3, -0.25) is 4.79 Å². The Balaban J connectivity index is 2.04. The summed E-state index contributed by atoms with van der Waals surface area (Å²) in [5, 5.41) is 0.597. The minimum absolute atomic E-state index is 0.127. The molecule has 3 nitrogen and oxygen atoms in total. The van der Waals surface area contributed by atoms with Crippen molar-refractivity contribution in [3.63, 3.8) is 0 Å². The van der Waals surface area contributed by atoms with E-state index in [-0.39, 0.29) is 17.1 Å². The predicted molar refractivity (Wildman–Crippen MR) is 65.9 cm³/mol. The molecule has 1 aromatic heterocycles. The Labute approximate surface area is 104 Å². The van der Waals surface area contributed by atoms with E-state index < -0.39 is 11.4 Å². The summed E-state index contributed by atoms with van der Waals surface area (Å²) in [6.45, 7) is 0. The molecule has 2 aromatic rings. The molecule has 4 heteroatoms. The maximum atomic E-state index is 13.5. The molecule has 1 aliphatic rings. The molecule has 18 heavy (non-hydrogen) atoms. The third kappa shape index (κ3) is 1.64. The van der Waals surface area contributed by atoms with Crippen LogP contribution in [-0.2, 0) is 0 Å². The lowest BCUT2D eigenvalue weighted by Crippen LogP contribution is -2.45. The summed E-state index contributed by atoms with van der Waals surface area (Å²) >= 11 is 0. The van der Waals surface area contributed by atoms with Gasteiger partial charge in [-0.1, -0.05) is 25.0 Å². The quantitative estimate of drug-likeness (QED) is 0.830. The molecule has 1 aromatic carbocycles. The number of benzene rings is 1. The Hall–Kier alpha value is -1.68. The van der Waals surface area contributed by atoms with Crippen LogP contribution in [-0.4, -0.2) is 11.3 Å². The largest absolute Gasteiger partial charge is 0.450 e. The van der Waals surface area contributed by atoms with Crippen molar-refractivity contribution in [3.05, 3.63) is 35.8 Å². The highest BCUT2D eigenvalue weighted by Gasteiger charge is 2.39. The number of para-hydroxylation sites is 1. The van der Waals surface area contributed by atoms with Crippen molar-refractivity contribution in [2.45, 2.75) is 31.2 Å². The van der Waals surface area contributed by atoms with Gasteiger partial charge >= 0.3 is 0 Å². The highest BCUT2D eigenvalue weighted by Crippen LogP contribution is 2.32. The second-order valence-electron chi connectivity index (χ2n) is 4.96. The van der Waals surface area contributed by atoms with Gasteiger partial charge in [-0.2, -0.15) is 0 Å². The number of hydrogen-bond acceptors (Lipinski definition) is 3. The topological polar surface area (TPSA) is 56.2 Å². The predicted octanol–water partition coefficient (Wildman–Crippen LogP) is 3.03. The molecule has 2 N–H and O–H groups in total. The van der Waals surface area contributed by atoms with Gasteiger partial charge in [-0.15, -0.1) is 0 Å². The van der Waals surface area contributed by atoms with Gasteiger partial charge in [0, 0.05) is 5.39 Å². The molecule has 0 saturated heterocycles. The molecule has 3 rings (SSSR count). The van der Waals surface area contributed by atoms with E-state index in [1.54, 1.807) is 18.2 Å². The van der Waals surface area contributed by atoms with Crippen molar-refractivity contribution in [1.29, 1.82) is 0 Å². The summed E-state index contributed by atoms with van der Waals surface area (Å²) < 4.78 is 18.8. The van der Waals surface area contributed by atoms with E-state index in [9.17, 15) is 9.18 Å². The van der Waals surface area contributed by atoms with Crippen LogP contribution in [0.4, 0.5) is 4.39 Å². The van der Waals surface area contributed by atoms with Crippen molar-refractivity contribution < 1.29 is 13.6 Å². The zero-order valence-corrected chi connectivity index (χ0v) is 9.91. The summed E-state index contributed by atoms with van der Waals surface area (Å²) in [7, 11) is 0. The molecule has 0 bridgehead atoms. The molecule has 0 atom stereocenters. The third-order valence-corrected chi connectivity index (χ3v) is 3.67. The first-order chi connectivity index (χ1) is 8.60. The number of nitrogens with two attached hydrogens (primary N) is 1. The van der Waals surface area contributed by atoms with Gasteiger partial charge in [0.25, 0.3) is 0 Å². The number of rotatable bonds is 2. The van der Waals surface area contributed by atoms with Crippen LogP contribution in [0.1, 0.15) is 36.2 Å². The van der Waals surface area contributed by atoms with Crippen LogP contribution >= 0.6 is 0 Å². The molecule has 0 radical (unpaired) electrons. The second-order valence-corrected chi connectivity index (χ2v) is 4.96. The van der Waals surface area contributed by atoms with Gasteiger partial charge < -0.3 is 10.2 Å². The van der Waals surface area contributed by atoms with Crippen molar-refractivity contribution in [3.8, 4) is 0 Å². The molecule has 1 fully saturated rings. The summed E-state index contributed by atoms with van der Waals surface area (Å²) in [5.74, 6) is -0.501. The first kappa shape index (κ1) is 11.4. The highest BCUT2D eigenvalue weighted by atomic mass is 19.1. The second kappa shape index (κ2) is 3.92. The van der Waals surface area contributed by atoms with E-state index in [0.29, 0.717) is 18.2 Å². The molecule has 0 amide bonds. The molecule has 94 valence electrons. The summed E-state index contributed by atoms with van der Waals surface area (Å²) in [5.41, 5.74) is 5.39. The first-order valence-corrected chi connectivity index (χ1v) is 6.12. The number of ketones is 1. The molecular weight excluding hydrogens is 233 g/mol. The number of Topliss-reactive ketones (excluding diaryl/α,β-unsaturated/α-hetero) is 1. The van der Waals surface area contributed by atoms with Crippen LogP contribution in [0.15, 0.2) is 28.7 Å². The van der Waals surface area contributed by atoms with Gasteiger partial charge in [0.15, 0.2) is 17.2 Å². The Morgan fingerprint density at radius 3 is 2.72 bits per heavy atom. The van der Waals surface area contributed by atoms with Crippen LogP contribution < -0.4 is 5.73 Å². The van der Waals surface area contributed by atoms with Crippen molar-refractivity contribution in [1.82, 2.24) is 0 Å². The lowest BCUT2D eigenvalue weighted by Gasteiger charge is -2.19. The lowest BCUT2D eigenvalue weighted by molar-refractivity contribution is 0.0865. The Kier molecular flexibility index (Phi) is 2.48. The Morgan fingerprint density at radius 1 is 1.33 bits per heavy atom. The molecule has 0 unspecified atom stereocenters. The molecule has 0 aliphatic heterocycles. The SMILES string of the molecule is NC1(C(=O)c2cc3cccc(F)c3o2)CCCC1. The smallest absolute Gasteiger partial charge is 0.217 e.